The Morgan fingerprint density at radius 2 is 1.08 bits per heavy atom. The molecule has 260 valence electrons. The first-order valence-electron chi connectivity index (χ1n) is 15.5. The van der Waals surface area contributed by atoms with Crippen molar-refractivity contribution in [3.63, 3.8) is 0 Å². The van der Waals surface area contributed by atoms with Crippen LogP contribution in [0, 0.1) is 0 Å². The van der Waals surface area contributed by atoms with E-state index >= 15 is 0 Å². The Hall–Kier alpha value is -5.41. The highest BCUT2D eigenvalue weighted by atomic mass is 35.5. The first-order valence-corrected chi connectivity index (χ1v) is 18.8. The summed E-state index contributed by atoms with van der Waals surface area (Å²) in [6, 6.07) is 36.2. The number of fused-ring (bicyclic) bond motifs is 2. The Morgan fingerprint density at radius 3 is 1.57 bits per heavy atom. The summed E-state index contributed by atoms with van der Waals surface area (Å²) in [6.07, 6.45) is 2.93. The molecule has 6 aromatic rings. The van der Waals surface area contributed by atoms with Crippen LogP contribution in [0.4, 0.5) is 11.6 Å². The summed E-state index contributed by atoms with van der Waals surface area (Å²) < 4.78 is 58.1. The molecule has 12 nitrogen and oxygen atoms in total. The molecule has 0 unspecified atom stereocenters. The number of sulfonamides is 2. The van der Waals surface area contributed by atoms with Crippen molar-refractivity contribution < 1.29 is 26.7 Å². The van der Waals surface area contributed by atoms with Gasteiger partial charge in [-0.3, -0.25) is 0 Å². The number of aromatic nitrogens is 4. The first-order chi connectivity index (χ1) is 24.7. The molecule has 0 aliphatic carbocycles. The molecule has 4 aromatic carbocycles. The van der Waals surface area contributed by atoms with E-state index in [1.165, 1.54) is 27.1 Å². The third-order valence-corrected chi connectivity index (χ3v) is 11.6. The van der Waals surface area contributed by atoms with Crippen LogP contribution in [0.1, 0.15) is 22.3 Å². The van der Waals surface area contributed by atoms with Crippen LogP contribution in [-0.4, -0.2) is 41.9 Å². The molecule has 2 aliphatic rings. The minimum Gasteiger partial charge on any atom is -0.459 e. The molecule has 2 aliphatic heterocycles. The SMILES string of the molecule is O=S1(=O)c2ccccc2CN1c1ccnc(Cl)n1.O=S1(=O)c2ccccc2CN1c1ccnc(OCc2ccccc2)n1.OCc1ccccc1. The van der Waals surface area contributed by atoms with Gasteiger partial charge in [0.05, 0.1) is 29.5 Å². The predicted octanol–water partition coefficient (Wildman–Crippen LogP) is 5.78. The summed E-state index contributed by atoms with van der Waals surface area (Å²) in [7, 11) is -7.13. The maximum atomic E-state index is 12.7. The average Bonchev–Trinajstić information content (AvgIpc) is 3.60. The van der Waals surface area contributed by atoms with Crippen molar-refractivity contribution in [3.05, 3.63) is 161 Å². The van der Waals surface area contributed by atoms with Crippen LogP contribution < -0.4 is 13.3 Å². The van der Waals surface area contributed by atoms with E-state index < -0.39 is 20.0 Å². The molecule has 0 fully saturated rings. The fourth-order valence-electron chi connectivity index (χ4n) is 5.21. The molecule has 1 N–H and O–H groups in total. The number of hydrogen-bond donors (Lipinski definition) is 1. The lowest BCUT2D eigenvalue weighted by Gasteiger charge is -2.16. The maximum absolute atomic E-state index is 12.7. The quantitative estimate of drug-likeness (QED) is 0.208. The standard InChI is InChI=1S/C18H15N3O3S.C11H8ClN3O2S.C7H8O/c22-25(23)16-9-5-4-8-15(16)12-21(25)17-10-11-19-18(20-17)24-13-14-6-2-1-3-7-14;12-11-13-6-5-10(14-11)15-7-8-3-1-2-4-9(8)18(15,16)17;8-6-7-4-2-1-3-5-7/h1-11H,12-13H2;1-6H,7H2;1-5,8H,6H2. The summed E-state index contributed by atoms with van der Waals surface area (Å²) in [5.74, 6) is 0.584. The summed E-state index contributed by atoms with van der Waals surface area (Å²) in [4.78, 5) is 16.6. The largest absolute Gasteiger partial charge is 0.459 e. The van der Waals surface area contributed by atoms with Gasteiger partial charge in [-0.1, -0.05) is 97.1 Å². The molecule has 0 radical (unpaired) electrons. The zero-order valence-corrected chi connectivity index (χ0v) is 29.3. The Labute approximate surface area is 300 Å². The summed E-state index contributed by atoms with van der Waals surface area (Å²) in [5.41, 5.74) is 3.46. The summed E-state index contributed by atoms with van der Waals surface area (Å²) in [5, 5.41) is 8.56. The maximum Gasteiger partial charge on any atom is 0.318 e. The van der Waals surface area contributed by atoms with Gasteiger partial charge in [-0.15, -0.1) is 0 Å². The molecule has 8 rings (SSSR count). The second kappa shape index (κ2) is 15.6. The molecular formula is C36H31ClN6O6S2. The third kappa shape index (κ3) is 8.15. The Kier molecular flexibility index (Phi) is 10.9. The molecule has 15 heteroatoms. The average molecular weight is 743 g/mol. The van der Waals surface area contributed by atoms with Gasteiger partial charge in [0.2, 0.25) is 5.28 Å². The van der Waals surface area contributed by atoms with E-state index in [0.717, 1.165) is 22.3 Å². The van der Waals surface area contributed by atoms with Crippen LogP contribution in [0.15, 0.2) is 144 Å². The van der Waals surface area contributed by atoms with E-state index in [1.807, 2.05) is 72.8 Å². The lowest BCUT2D eigenvalue weighted by molar-refractivity contribution is 0.281. The van der Waals surface area contributed by atoms with E-state index in [1.54, 1.807) is 42.5 Å². The van der Waals surface area contributed by atoms with Crippen molar-refractivity contribution >= 4 is 43.3 Å². The molecule has 0 amide bonds. The number of benzene rings is 4. The van der Waals surface area contributed by atoms with E-state index in [-0.39, 0.29) is 36.8 Å². The minimum atomic E-state index is -3.60. The van der Waals surface area contributed by atoms with Gasteiger partial charge in [0.1, 0.15) is 18.2 Å². The topological polar surface area (TPSA) is 156 Å². The number of hydrogen-bond acceptors (Lipinski definition) is 10. The van der Waals surface area contributed by atoms with Crippen molar-refractivity contribution in [1.29, 1.82) is 0 Å². The van der Waals surface area contributed by atoms with Crippen molar-refractivity contribution in [2.75, 3.05) is 8.61 Å². The van der Waals surface area contributed by atoms with Crippen LogP contribution in [-0.2, 0) is 46.3 Å². The lowest BCUT2D eigenvalue weighted by atomic mass is 10.2. The zero-order chi connectivity index (χ0) is 35.8. The van der Waals surface area contributed by atoms with Crippen LogP contribution in [0.5, 0.6) is 6.01 Å². The van der Waals surface area contributed by atoms with Crippen molar-refractivity contribution in [2.45, 2.75) is 36.1 Å². The molecule has 2 aromatic heterocycles. The number of halogens is 1. The highest BCUT2D eigenvalue weighted by Crippen LogP contribution is 2.34. The number of nitrogens with zero attached hydrogens (tertiary/aromatic N) is 6. The molecular weight excluding hydrogens is 712 g/mol. The first kappa shape index (κ1) is 35.4. The fourth-order valence-corrected chi connectivity index (χ4v) is 8.57. The van der Waals surface area contributed by atoms with Crippen LogP contribution >= 0.6 is 11.6 Å². The van der Waals surface area contributed by atoms with Gasteiger partial charge in [-0.2, -0.15) is 9.97 Å². The van der Waals surface area contributed by atoms with Gasteiger partial charge in [0.15, 0.2) is 0 Å². The van der Waals surface area contributed by atoms with Gasteiger partial charge < -0.3 is 9.84 Å². The molecule has 0 saturated heterocycles. The van der Waals surface area contributed by atoms with Gasteiger partial charge >= 0.3 is 6.01 Å². The zero-order valence-electron chi connectivity index (χ0n) is 26.9. The highest BCUT2D eigenvalue weighted by molar-refractivity contribution is 7.93. The van der Waals surface area contributed by atoms with E-state index in [0.29, 0.717) is 22.2 Å². The van der Waals surface area contributed by atoms with Crippen molar-refractivity contribution in [3.8, 4) is 6.01 Å². The summed E-state index contributed by atoms with van der Waals surface area (Å²) in [6.45, 7) is 0.984. The number of aliphatic hydroxyl groups is 1. The molecule has 0 spiro atoms. The Morgan fingerprint density at radius 1 is 0.608 bits per heavy atom. The third-order valence-electron chi connectivity index (χ3n) is 7.69. The second-order valence-corrected chi connectivity index (χ2v) is 15.0. The Bertz CT molecular complexity index is 2340. The van der Waals surface area contributed by atoms with Crippen LogP contribution in [0.25, 0.3) is 0 Å². The van der Waals surface area contributed by atoms with Gasteiger partial charge in [0.25, 0.3) is 20.0 Å². The number of rotatable bonds is 6. The minimum absolute atomic E-state index is 0.0265. The van der Waals surface area contributed by atoms with E-state index in [9.17, 15) is 16.8 Å². The smallest absolute Gasteiger partial charge is 0.318 e. The number of anilines is 2. The van der Waals surface area contributed by atoms with Crippen molar-refractivity contribution in [1.82, 2.24) is 19.9 Å². The van der Waals surface area contributed by atoms with E-state index in [2.05, 4.69) is 19.9 Å². The van der Waals surface area contributed by atoms with Gasteiger partial charge in [0, 0.05) is 24.5 Å². The van der Waals surface area contributed by atoms with Crippen LogP contribution in [0.2, 0.25) is 5.28 Å². The molecule has 0 bridgehead atoms. The fraction of sp³-hybridized carbons (Fsp3) is 0.111. The van der Waals surface area contributed by atoms with Crippen molar-refractivity contribution in [2.24, 2.45) is 0 Å². The van der Waals surface area contributed by atoms with Gasteiger partial charge in [-0.25, -0.2) is 35.4 Å². The van der Waals surface area contributed by atoms with E-state index in [4.69, 9.17) is 21.4 Å². The molecule has 4 heterocycles. The second-order valence-electron chi connectivity index (χ2n) is 11.0. The summed E-state index contributed by atoms with van der Waals surface area (Å²) >= 11 is 5.68. The lowest BCUT2D eigenvalue weighted by Crippen LogP contribution is -2.24. The molecule has 0 atom stereocenters. The molecule has 51 heavy (non-hydrogen) atoms. The highest BCUT2D eigenvalue weighted by Gasteiger charge is 2.36. The number of aliphatic hydroxyl groups excluding tert-OH is 1. The predicted molar refractivity (Wildman–Crippen MR) is 192 cm³/mol. The van der Waals surface area contributed by atoms with Gasteiger partial charge in [-0.05, 0) is 46.0 Å². The number of ether oxygens (including phenoxy) is 1. The monoisotopic (exact) mass is 742 g/mol. The normalized spacial score (nSPS) is 14.6. The molecule has 0 saturated carbocycles. The Balaban J connectivity index is 0.000000150. The van der Waals surface area contributed by atoms with Crippen LogP contribution in [0.3, 0.4) is 0 Å².